The van der Waals surface area contributed by atoms with Crippen molar-refractivity contribution in [2.45, 2.75) is 18.9 Å². The first-order valence-corrected chi connectivity index (χ1v) is 9.60. The van der Waals surface area contributed by atoms with E-state index in [-0.39, 0.29) is 24.6 Å². The minimum absolute atomic E-state index is 0.0254. The number of rotatable bonds is 4. The van der Waals surface area contributed by atoms with Crippen LogP contribution in [0.4, 0.5) is 10.5 Å². The predicted molar refractivity (Wildman–Crippen MR) is 105 cm³/mol. The molecule has 3 fully saturated rings. The van der Waals surface area contributed by atoms with E-state index in [4.69, 9.17) is 5.11 Å². The second-order valence-electron chi connectivity index (χ2n) is 7.83. The first-order chi connectivity index (χ1) is 12.9. The first-order valence-electron chi connectivity index (χ1n) is 9.60. The summed E-state index contributed by atoms with van der Waals surface area (Å²) >= 11 is 0. The monoisotopic (exact) mass is 374 g/mol. The molecule has 1 aromatic carbocycles. The Kier molecular flexibility index (Phi) is 5.89. The Morgan fingerprint density at radius 1 is 1.07 bits per heavy atom. The fraction of sp³-hybridized carbons (Fsp3) is 0.600. The second-order valence-corrected chi connectivity index (χ2v) is 7.83. The van der Waals surface area contributed by atoms with Crippen molar-refractivity contribution in [3.05, 3.63) is 29.8 Å². The van der Waals surface area contributed by atoms with Crippen molar-refractivity contribution < 1.29 is 14.7 Å². The molecule has 1 N–H and O–H groups in total. The van der Waals surface area contributed by atoms with Gasteiger partial charge in [-0.3, -0.25) is 4.79 Å². The number of hydrogen-bond donors (Lipinski definition) is 1. The van der Waals surface area contributed by atoms with Gasteiger partial charge >= 0.3 is 6.03 Å². The molecule has 148 valence electrons. The van der Waals surface area contributed by atoms with Gasteiger partial charge in [-0.25, -0.2) is 4.79 Å². The molecule has 0 saturated carbocycles. The van der Waals surface area contributed by atoms with E-state index in [1.54, 1.807) is 19.0 Å². The van der Waals surface area contributed by atoms with Gasteiger partial charge in [0.05, 0.1) is 6.61 Å². The summed E-state index contributed by atoms with van der Waals surface area (Å²) in [6.45, 7) is 2.70. The first kappa shape index (κ1) is 19.5. The van der Waals surface area contributed by atoms with Crippen LogP contribution >= 0.6 is 0 Å². The fourth-order valence-electron chi connectivity index (χ4n) is 4.07. The number of hydrogen-bond acceptors (Lipinski definition) is 4. The Balaban J connectivity index is 1.73. The fourth-order valence-corrected chi connectivity index (χ4v) is 4.07. The van der Waals surface area contributed by atoms with Crippen molar-refractivity contribution in [2.75, 3.05) is 58.8 Å². The van der Waals surface area contributed by atoms with Gasteiger partial charge in [0.1, 0.15) is 0 Å². The third kappa shape index (κ3) is 4.18. The summed E-state index contributed by atoms with van der Waals surface area (Å²) in [5.41, 5.74) is 1.65. The van der Waals surface area contributed by atoms with E-state index < -0.39 is 0 Å². The highest BCUT2D eigenvalue weighted by molar-refractivity contribution is 5.95. The molecule has 0 unspecified atom stereocenters. The number of amides is 3. The summed E-state index contributed by atoms with van der Waals surface area (Å²) in [5.74, 6) is 0.381. The molecule has 3 aliphatic heterocycles. The molecule has 0 radical (unpaired) electrons. The van der Waals surface area contributed by atoms with E-state index in [0.717, 1.165) is 25.1 Å². The topological polar surface area (TPSA) is 67.3 Å². The lowest BCUT2D eigenvalue weighted by Gasteiger charge is -2.36. The molecule has 2 atom stereocenters. The quantitative estimate of drug-likeness (QED) is 0.864. The van der Waals surface area contributed by atoms with Gasteiger partial charge in [-0.1, -0.05) is 0 Å². The van der Waals surface area contributed by atoms with Crippen LogP contribution in [0, 0.1) is 5.92 Å². The van der Waals surface area contributed by atoms with E-state index in [9.17, 15) is 9.59 Å². The third-order valence-corrected chi connectivity index (χ3v) is 5.62. The summed E-state index contributed by atoms with van der Waals surface area (Å²) in [4.78, 5) is 32.9. The van der Waals surface area contributed by atoms with Gasteiger partial charge in [-0.2, -0.15) is 0 Å². The van der Waals surface area contributed by atoms with Crippen LogP contribution in [0.1, 0.15) is 23.2 Å². The Morgan fingerprint density at radius 3 is 2.41 bits per heavy atom. The largest absolute Gasteiger partial charge is 0.395 e. The normalized spacial score (nSPS) is 21.8. The highest BCUT2D eigenvalue weighted by Crippen LogP contribution is 2.30. The molecule has 3 amide bonds. The van der Waals surface area contributed by atoms with Crippen LogP contribution in [0.3, 0.4) is 0 Å². The van der Waals surface area contributed by atoms with E-state index in [1.165, 1.54) is 0 Å². The zero-order valence-corrected chi connectivity index (χ0v) is 16.5. The van der Waals surface area contributed by atoms with Crippen LogP contribution in [-0.4, -0.2) is 91.7 Å². The SMILES string of the molecule is CN(C)C(=O)N1C[C@@H]2CC[C@H](C1)N(C(=O)c1ccc(N(C)CCO)cc1)C2. The average Bonchev–Trinajstić information content (AvgIpc) is 2.99. The van der Waals surface area contributed by atoms with Gasteiger partial charge in [-0.05, 0) is 43.0 Å². The maximum atomic E-state index is 13.1. The lowest BCUT2D eigenvalue weighted by atomic mass is 9.94. The van der Waals surface area contributed by atoms with Crippen LogP contribution in [0.5, 0.6) is 0 Å². The summed E-state index contributed by atoms with van der Waals surface area (Å²) in [5, 5.41) is 9.06. The summed E-state index contributed by atoms with van der Waals surface area (Å²) in [7, 11) is 5.46. The number of carbonyl (C=O) groups excluding carboxylic acids is 2. The van der Waals surface area contributed by atoms with Gasteiger partial charge in [0.25, 0.3) is 5.91 Å². The van der Waals surface area contributed by atoms with Gasteiger partial charge in [-0.15, -0.1) is 0 Å². The molecule has 0 aromatic heterocycles. The van der Waals surface area contributed by atoms with Crippen LogP contribution in [0.2, 0.25) is 0 Å². The number of fused-ring (bicyclic) bond motifs is 4. The number of likely N-dealkylation sites (N-methyl/N-ethyl adjacent to an activating group) is 1. The minimum Gasteiger partial charge on any atom is -0.395 e. The molecule has 1 aromatic rings. The van der Waals surface area contributed by atoms with Crippen molar-refractivity contribution in [1.29, 1.82) is 0 Å². The number of anilines is 1. The molecule has 3 aliphatic rings. The lowest BCUT2D eigenvalue weighted by Crippen LogP contribution is -2.48. The number of aliphatic hydroxyl groups excluding tert-OH is 1. The van der Waals surface area contributed by atoms with Crippen LogP contribution in [-0.2, 0) is 0 Å². The Hall–Kier alpha value is -2.28. The average molecular weight is 374 g/mol. The van der Waals surface area contributed by atoms with E-state index in [1.807, 2.05) is 46.0 Å². The highest BCUT2D eigenvalue weighted by atomic mass is 16.3. The number of aliphatic hydroxyl groups is 1. The molecule has 3 saturated heterocycles. The lowest BCUT2D eigenvalue weighted by molar-refractivity contribution is 0.0586. The number of nitrogens with zero attached hydrogens (tertiary/aromatic N) is 4. The molecular weight excluding hydrogens is 344 g/mol. The molecule has 4 rings (SSSR count). The second kappa shape index (κ2) is 8.17. The van der Waals surface area contributed by atoms with Gasteiger partial charge in [0.2, 0.25) is 0 Å². The molecule has 7 nitrogen and oxygen atoms in total. The molecule has 2 bridgehead atoms. The minimum atomic E-state index is 0.0254. The smallest absolute Gasteiger partial charge is 0.319 e. The predicted octanol–water partition coefficient (Wildman–Crippen LogP) is 1.33. The van der Waals surface area contributed by atoms with Crippen molar-refractivity contribution >= 4 is 17.6 Å². The van der Waals surface area contributed by atoms with Crippen LogP contribution < -0.4 is 4.90 Å². The third-order valence-electron chi connectivity index (χ3n) is 5.62. The van der Waals surface area contributed by atoms with Gasteiger partial charge in [0.15, 0.2) is 0 Å². The molecule has 0 aliphatic carbocycles. The number of benzene rings is 1. The summed E-state index contributed by atoms with van der Waals surface area (Å²) in [6.07, 6.45) is 2.02. The number of piperidine rings is 1. The number of urea groups is 1. The van der Waals surface area contributed by atoms with Crippen molar-refractivity contribution in [1.82, 2.24) is 14.7 Å². The Morgan fingerprint density at radius 2 is 1.78 bits per heavy atom. The molecule has 7 heteroatoms. The Labute approximate surface area is 161 Å². The highest BCUT2D eigenvalue weighted by Gasteiger charge is 2.39. The van der Waals surface area contributed by atoms with Gasteiger partial charge in [0, 0.05) is 64.6 Å². The van der Waals surface area contributed by atoms with Crippen molar-refractivity contribution in [2.24, 2.45) is 5.92 Å². The van der Waals surface area contributed by atoms with E-state index in [2.05, 4.69) is 0 Å². The standard InChI is InChI=1S/C20H30N4O3/c1-21(2)20(27)23-12-15-4-7-18(14-23)24(13-15)19(26)16-5-8-17(9-6-16)22(3)10-11-25/h5-6,8-9,15,18,25H,4,7,10-14H2,1-3H3/t15-,18+/m0/s1. The maximum Gasteiger partial charge on any atom is 0.319 e. The van der Waals surface area contributed by atoms with Crippen LogP contribution in [0.15, 0.2) is 24.3 Å². The molecule has 0 spiro atoms. The Bertz CT molecular complexity index is 676. The summed E-state index contributed by atoms with van der Waals surface area (Å²) in [6, 6.07) is 7.65. The zero-order valence-electron chi connectivity index (χ0n) is 16.5. The zero-order chi connectivity index (χ0) is 19.6. The summed E-state index contributed by atoms with van der Waals surface area (Å²) < 4.78 is 0. The molecule has 3 heterocycles. The van der Waals surface area contributed by atoms with Crippen molar-refractivity contribution in [3.8, 4) is 0 Å². The van der Waals surface area contributed by atoms with Crippen molar-refractivity contribution in [3.63, 3.8) is 0 Å². The molecular formula is C20H30N4O3. The maximum absolute atomic E-state index is 13.1. The van der Waals surface area contributed by atoms with E-state index in [0.29, 0.717) is 31.1 Å². The van der Waals surface area contributed by atoms with Crippen LogP contribution in [0.25, 0.3) is 0 Å². The number of carbonyl (C=O) groups is 2. The van der Waals surface area contributed by atoms with Gasteiger partial charge < -0.3 is 24.7 Å². The van der Waals surface area contributed by atoms with E-state index >= 15 is 0 Å². The molecule has 27 heavy (non-hydrogen) atoms.